The average Bonchev–Trinajstić information content (AvgIpc) is 2.60. The molecular formula is C18H24N2NiS4. The molecule has 0 fully saturated rings. The van der Waals surface area contributed by atoms with Crippen LogP contribution in [-0.4, -0.2) is 36.8 Å². The van der Waals surface area contributed by atoms with Gasteiger partial charge < -0.3 is 0 Å². The van der Waals surface area contributed by atoms with E-state index in [9.17, 15) is 0 Å². The van der Waals surface area contributed by atoms with E-state index in [1.807, 2.05) is 21.6 Å². The van der Waals surface area contributed by atoms with E-state index in [1.165, 1.54) is 20.9 Å². The summed E-state index contributed by atoms with van der Waals surface area (Å²) in [5, 5.41) is 2.12. The molecule has 7 heteroatoms. The molecule has 2 aromatic rings. The molecule has 2 aromatic carbocycles. The van der Waals surface area contributed by atoms with Crippen LogP contribution in [-0.2, 0) is 25.2 Å². The van der Waals surface area contributed by atoms with Gasteiger partial charge in [-0.2, -0.15) is 0 Å². The maximum absolute atomic E-state index is 2.25. The fourth-order valence-corrected chi connectivity index (χ4v) is 6.83. The summed E-state index contributed by atoms with van der Waals surface area (Å²) in [7, 11) is 15.5. The maximum atomic E-state index is 2.25. The van der Waals surface area contributed by atoms with Crippen molar-refractivity contribution in [3.05, 3.63) is 59.7 Å². The summed E-state index contributed by atoms with van der Waals surface area (Å²) in [4.78, 5) is 2.73. The second kappa shape index (κ2) is 11.9. The first-order valence-electron chi connectivity index (χ1n) is 7.70. The summed E-state index contributed by atoms with van der Waals surface area (Å²) in [6, 6.07) is 17.5. The predicted molar refractivity (Wildman–Crippen MR) is 115 cm³/mol. The molecule has 0 aliphatic rings. The molecule has 0 aromatic heterocycles. The van der Waals surface area contributed by atoms with Crippen molar-refractivity contribution in [3.8, 4) is 0 Å². The van der Waals surface area contributed by atoms with Crippen molar-refractivity contribution in [2.75, 3.05) is 28.2 Å². The van der Waals surface area contributed by atoms with E-state index in [0.29, 0.717) is 0 Å². The Bertz CT molecular complexity index is 597. The molecule has 2 rings (SSSR count). The molecule has 2 nitrogen and oxygen atoms in total. The van der Waals surface area contributed by atoms with Gasteiger partial charge in [-0.05, 0) is 0 Å². The van der Waals surface area contributed by atoms with Crippen molar-refractivity contribution in [3.63, 3.8) is 0 Å². The van der Waals surface area contributed by atoms with Crippen molar-refractivity contribution in [2.24, 2.45) is 0 Å². The molecule has 0 atom stereocenters. The third-order valence-corrected chi connectivity index (χ3v) is 9.36. The van der Waals surface area contributed by atoms with Crippen LogP contribution in [0.25, 0.3) is 0 Å². The van der Waals surface area contributed by atoms with E-state index in [-0.39, 0.29) is 0 Å². The summed E-state index contributed by atoms with van der Waals surface area (Å²) in [5.41, 5.74) is 2.85. The second-order valence-corrected chi connectivity index (χ2v) is 11.6. The molecule has 0 unspecified atom stereocenters. The average molecular weight is 455 g/mol. The zero-order valence-electron chi connectivity index (χ0n) is 14.9. The van der Waals surface area contributed by atoms with Crippen LogP contribution >= 0.6 is 43.5 Å². The third kappa shape index (κ3) is 8.21. The Morgan fingerprint density at radius 3 is 1.48 bits per heavy atom. The van der Waals surface area contributed by atoms with Crippen LogP contribution in [0.1, 0.15) is 11.1 Å². The van der Waals surface area contributed by atoms with E-state index in [1.54, 1.807) is 36.4 Å². The quantitative estimate of drug-likeness (QED) is 0.248. The molecule has 0 radical (unpaired) electrons. The number of hydrogen-bond acceptors (Lipinski definition) is 6. The fraction of sp³-hybridized carbons (Fsp3) is 0.333. The molecule has 0 saturated carbocycles. The zero-order valence-corrected chi connectivity index (χ0v) is 19.1. The molecule has 0 amide bonds. The Labute approximate surface area is 174 Å². The van der Waals surface area contributed by atoms with E-state index in [0.717, 1.165) is 10.8 Å². The number of nitrogens with zero attached hydrogens (tertiary/aromatic N) is 2. The minimum absolute atomic E-state index is 1.06. The van der Waals surface area contributed by atoms with Crippen molar-refractivity contribution < 1.29 is 14.4 Å². The van der Waals surface area contributed by atoms with Gasteiger partial charge >= 0.3 is 175 Å². The Hall–Kier alpha value is 0.254. The standard InChI is InChI=1S/2C9H12NS2.Ni/c2*1-8-6-4-5-7-9(8)11-12-10(2)3;/h2*4-7H,1H2,2-3H3;. The van der Waals surface area contributed by atoms with Gasteiger partial charge in [0.15, 0.2) is 0 Å². The van der Waals surface area contributed by atoms with Crippen LogP contribution in [0, 0.1) is 0 Å². The van der Waals surface area contributed by atoms with Gasteiger partial charge in [-0.3, -0.25) is 0 Å². The van der Waals surface area contributed by atoms with Crippen LogP contribution in [0.2, 0.25) is 0 Å². The SMILES string of the molecule is CN(C)SSc1ccccc1[CH2][Ni][CH2]c1ccccc1SSN(C)C. The first-order valence-corrected chi connectivity index (χ1v) is 13.3. The van der Waals surface area contributed by atoms with Crippen LogP contribution < -0.4 is 0 Å². The Balaban J connectivity index is 1.93. The van der Waals surface area contributed by atoms with Crippen molar-refractivity contribution in [2.45, 2.75) is 20.6 Å². The van der Waals surface area contributed by atoms with Gasteiger partial charge in [0, 0.05) is 0 Å². The molecule has 0 aliphatic heterocycles. The molecule has 0 aliphatic carbocycles. The zero-order chi connectivity index (χ0) is 18.1. The van der Waals surface area contributed by atoms with Crippen molar-refractivity contribution in [1.29, 1.82) is 0 Å². The van der Waals surface area contributed by atoms with Crippen LogP contribution in [0.3, 0.4) is 0 Å². The Morgan fingerprint density at radius 1 is 0.680 bits per heavy atom. The van der Waals surface area contributed by atoms with Gasteiger partial charge in [0.2, 0.25) is 0 Å². The summed E-state index contributed by atoms with van der Waals surface area (Å²) in [6.07, 6.45) is 0. The first-order chi connectivity index (χ1) is 12.1. The third-order valence-electron chi connectivity index (χ3n) is 2.90. The second-order valence-electron chi connectivity index (χ2n) is 5.54. The molecule has 0 saturated heterocycles. The van der Waals surface area contributed by atoms with Gasteiger partial charge in [-0.25, -0.2) is 0 Å². The van der Waals surface area contributed by atoms with Crippen molar-refractivity contribution in [1.82, 2.24) is 8.61 Å². The van der Waals surface area contributed by atoms with Crippen molar-refractivity contribution >= 4 is 43.5 Å². The van der Waals surface area contributed by atoms with Crippen LogP contribution in [0.5, 0.6) is 0 Å². The molecule has 0 bridgehead atoms. The van der Waals surface area contributed by atoms with E-state index in [4.69, 9.17) is 0 Å². The monoisotopic (exact) mass is 454 g/mol. The molecule has 0 heterocycles. The summed E-state index contributed by atoms with van der Waals surface area (Å²) in [5.74, 6) is 0. The van der Waals surface area contributed by atoms with E-state index < -0.39 is 0 Å². The molecule has 140 valence electrons. The van der Waals surface area contributed by atoms with E-state index in [2.05, 4.69) is 85.3 Å². The normalized spacial score (nSPS) is 11.6. The molecule has 25 heavy (non-hydrogen) atoms. The predicted octanol–water partition coefficient (Wildman–Crippen LogP) is 5.90. The first kappa shape index (κ1) is 21.6. The number of rotatable bonds is 10. The Morgan fingerprint density at radius 2 is 1.08 bits per heavy atom. The van der Waals surface area contributed by atoms with Crippen LogP contribution in [0.4, 0.5) is 0 Å². The molecule has 0 N–H and O–H groups in total. The minimum atomic E-state index is 1.06. The van der Waals surface area contributed by atoms with Gasteiger partial charge in [0.25, 0.3) is 0 Å². The van der Waals surface area contributed by atoms with Crippen LogP contribution in [0.15, 0.2) is 58.3 Å². The fourth-order valence-electron chi connectivity index (χ4n) is 1.79. The van der Waals surface area contributed by atoms with E-state index >= 15 is 0 Å². The Kier molecular flexibility index (Phi) is 10.2. The summed E-state index contributed by atoms with van der Waals surface area (Å²) in [6.45, 7) is 0. The van der Waals surface area contributed by atoms with Gasteiger partial charge in [0.05, 0.1) is 0 Å². The summed E-state index contributed by atoms with van der Waals surface area (Å²) < 4.78 is 4.26. The van der Waals surface area contributed by atoms with Gasteiger partial charge in [-0.1, -0.05) is 0 Å². The topological polar surface area (TPSA) is 6.48 Å². The number of hydrogen-bond donors (Lipinski definition) is 0. The van der Waals surface area contributed by atoms with Gasteiger partial charge in [-0.15, -0.1) is 0 Å². The summed E-state index contributed by atoms with van der Waals surface area (Å²) >= 11 is 1.78. The van der Waals surface area contributed by atoms with Gasteiger partial charge in [0.1, 0.15) is 0 Å². The number of benzene rings is 2. The molecular weight excluding hydrogens is 431 g/mol. The molecule has 0 spiro atoms.